The molecule has 0 saturated carbocycles. The van der Waals surface area contributed by atoms with E-state index in [9.17, 15) is 14.4 Å². The molecule has 7 heteroatoms. The molecule has 7 nitrogen and oxygen atoms in total. The van der Waals surface area contributed by atoms with Crippen molar-refractivity contribution in [3.63, 3.8) is 0 Å². The highest BCUT2D eigenvalue weighted by molar-refractivity contribution is 5.96. The van der Waals surface area contributed by atoms with Crippen LogP contribution in [0.2, 0.25) is 0 Å². The van der Waals surface area contributed by atoms with E-state index >= 15 is 0 Å². The van der Waals surface area contributed by atoms with Crippen LogP contribution in [0.4, 0.5) is 5.69 Å². The van der Waals surface area contributed by atoms with Crippen molar-refractivity contribution >= 4 is 28.5 Å². The number of nitrogens with one attached hydrogen (secondary N) is 1. The molecule has 0 spiro atoms. The molecule has 2 amide bonds. The number of nitrogens with two attached hydrogens (primary N) is 1. The minimum Gasteiger partial charge on any atom is -0.366 e. The van der Waals surface area contributed by atoms with Crippen molar-refractivity contribution in [1.82, 2.24) is 9.13 Å². The number of anilines is 1. The highest BCUT2D eigenvalue weighted by Gasteiger charge is 2.14. The molecule has 0 aliphatic rings. The van der Waals surface area contributed by atoms with Crippen molar-refractivity contribution in [1.29, 1.82) is 0 Å². The average molecular weight is 338 g/mol. The fourth-order valence-corrected chi connectivity index (χ4v) is 2.83. The van der Waals surface area contributed by atoms with E-state index in [0.29, 0.717) is 23.3 Å². The van der Waals surface area contributed by atoms with E-state index < -0.39 is 5.91 Å². The summed E-state index contributed by atoms with van der Waals surface area (Å²) in [7, 11) is 0. The van der Waals surface area contributed by atoms with Crippen LogP contribution in [0.5, 0.6) is 0 Å². The van der Waals surface area contributed by atoms with Crippen LogP contribution in [0, 0.1) is 0 Å². The Morgan fingerprint density at radius 3 is 2.36 bits per heavy atom. The maximum absolute atomic E-state index is 12.5. The number of carbonyl (C=O) groups is 2. The minimum absolute atomic E-state index is 0.118. The fraction of sp³-hybridized carbons (Fsp3) is 0.167. The van der Waals surface area contributed by atoms with Crippen LogP contribution < -0.4 is 16.7 Å². The third-order valence-corrected chi connectivity index (χ3v) is 3.97. The Balaban J connectivity index is 1.88. The number of benzene rings is 2. The van der Waals surface area contributed by atoms with E-state index in [4.69, 9.17) is 5.73 Å². The summed E-state index contributed by atoms with van der Waals surface area (Å²) < 4.78 is 3.06. The van der Waals surface area contributed by atoms with Gasteiger partial charge in [-0.3, -0.25) is 18.7 Å². The number of imidazole rings is 1. The standard InChI is InChI=1S/C18H18N4O3/c1-2-21-14-8-3-4-9-15(14)22(18(21)25)11-16(23)20-13-7-5-6-12(10-13)17(19)24/h3-10H,2,11H2,1H3,(H2,19,24)(H,20,23). The molecule has 0 aliphatic heterocycles. The van der Waals surface area contributed by atoms with Gasteiger partial charge in [0.15, 0.2) is 0 Å². The summed E-state index contributed by atoms with van der Waals surface area (Å²) in [6.07, 6.45) is 0. The van der Waals surface area contributed by atoms with Gasteiger partial charge in [0.2, 0.25) is 11.8 Å². The number of carbonyl (C=O) groups excluding carboxylic acids is 2. The smallest absolute Gasteiger partial charge is 0.329 e. The number of hydrogen-bond acceptors (Lipinski definition) is 3. The number of nitrogens with zero attached hydrogens (tertiary/aromatic N) is 2. The van der Waals surface area contributed by atoms with Gasteiger partial charge in [0, 0.05) is 17.8 Å². The van der Waals surface area contributed by atoms with Crippen LogP contribution in [0.15, 0.2) is 53.3 Å². The van der Waals surface area contributed by atoms with Crippen molar-refractivity contribution in [3.05, 3.63) is 64.6 Å². The van der Waals surface area contributed by atoms with Gasteiger partial charge in [0.1, 0.15) is 6.54 Å². The molecule has 1 heterocycles. The summed E-state index contributed by atoms with van der Waals surface area (Å²) >= 11 is 0. The molecule has 25 heavy (non-hydrogen) atoms. The van der Waals surface area contributed by atoms with Crippen LogP contribution in [0.3, 0.4) is 0 Å². The molecule has 0 radical (unpaired) electrons. The van der Waals surface area contributed by atoms with E-state index in [2.05, 4.69) is 5.32 Å². The van der Waals surface area contributed by atoms with Gasteiger partial charge in [-0.1, -0.05) is 18.2 Å². The quantitative estimate of drug-likeness (QED) is 0.738. The third-order valence-electron chi connectivity index (χ3n) is 3.97. The maximum Gasteiger partial charge on any atom is 0.329 e. The van der Waals surface area contributed by atoms with Gasteiger partial charge in [-0.2, -0.15) is 0 Å². The Hall–Kier alpha value is -3.35. The lowest BCUT2D eigenvalue weighted by Gasteiger charge is -2.07. The van der Waals surface area contributed by atoms with Gasteiger partial charge in [-0.05, 0) is 37.3 Å². The average Bonchev–Trinajstić information content (AvgIpc) is 2.86. The van der Waals surface area contributed by atoms with E-state index in [-0.39, 0.29) is 18.1 Å². The zero-order valence-corrected chi connectivity index (χ0v) is 13.7. The number of aryl methyl sites for hydroxylation is 1. The second-order valence-electron chi connectivity index (χ2n) is 5.59. The lowest BCUT2D eigenvalue weighted by atomic mass is 10.2. The molecule has 3 N–H and O–H groups in total. The number of primary amides is 1. The summed E-state index contributed by atoms with van der Waals surface area (Å²) in [6, 6.07) is 13.7. The van der Waals surface area contributed by atoms with E-state index in [1.165, 1.54) is 10.6 Å². The molecule has 0 unspecified atom stereocenters. The molecular weight excluding hydrogens is 320 g/mol. The monoisotopic (exact) mass is 338 g/mol. The van der Waals surface area contributed by atoms with Gasteiger partial charge in [0.05, 0.1) is 11.0 Å². The summed E-state index contributed by atoms with van der Waals surface area (Å²) in [5, 5.41) is 2.69. The lowest BCUT2D eigenvalue weighted by molar-refractivity contribution is -0.116. The molecule has 2 aromatic carbocycles. The predicted molar refractivity (Wildman–Crippen MR) is 95.5 cm³/mol. The zero-order valence-electron chi connectivity index (χ0n) is 13.7. The Morgan fingerprint density at radius 2 is 1.72 bits per heavy atom. The Bertz CT molecular complexity index is 1020. The van der Waals surface area contributed by atoms with E-state index in [0.717, 1.165) is 5.52 Å². The first-order valence-corrected chi connectivity index (χ1v) is 7.89. The minimum atomic E-state index is -0.571. The van der Waals surface area contributed by atoms with E-state index in [1.807, 2.05) is 31.2 Å². The zero-order chi connectivity index (χ0) is 18.0. The van der Waals surface area contributed by atoms with Gasteiger partial charge in [0.25, 0.3) is 0 Å². The molecule has 0 atom stereocenters. The van der Waals surface area contributed by atoms with E-state index in [1.54, 1.807) is 22.8 Å². The summed E-state index contributed by atoms with van der Waals surface area (Å²) in [4.78, 5) is 36.1. The van der Waals surface area contributed by atoms with Crippen molar-refractivity contribution in [2.24, 2.45) is 5.73 Å². The topological polar surface area (TPSA) is 99.1 Å². The maximum atomic E-state index is 12.5. The number of amides is 2. The number of hydrogen-bond donors (Lipinski definition) is 2. The molecule has 0 bridgehead atoms. The summed E-state index contributed by atoms with van der Waals surface area (Å²) in [5.74, 6) is -0.930. The van der Waals surface area contributed by atoms with Crippen molar-refractivity contribution in [2.75, 3.05) is 5.32 Å². The SMILES string of the molecule is CCn1c(=O)n(CC(=O)Nc2cccc(C(N)=O)c2)c2ccccc21. The van der Waals surface area contributed by atoms with Crippen LogP contribution in [0.25, 0.3) is 11.0 Å². The fourth-order valence-electron chi connectivity index (χ4n) is 2.83. The van der Waals surface area contributed by atoms with Crippen molar-refractivity contribution in [3.8, 4) is 0 Å². The normalized spacial score (nSPS) is 10.8. The Kier molecular flexibility index (Phi) is 4.38. The molecule has 3 aromatic rings. The molecule has 0 saturated heterocycles. The summed E-state index contributed by atoms with van der Waals surface area (Å²) in [5.41, 5.74) is 7.26. The molecular formula is C18H18N4O3. The van der Waals surface area contributed by atoms with Crippen LogP contribution in [0.1, 0.15) is 17.3 Å². The number of para-hydroxylation sites is 2. The number of aromatic nitrogens is 2. The van der Waals surface area contributed by atoms with Gasteiger partial charge in [-0.15, -0.1) is 0 Å². The first-order chi connectivity index (χ1) is 12.0. The number of fused-ring (bicyclic) bond motifs is 1. The number of rotatable bonds is 5. The lowest BCUT2D eigenvalue weighted by Crippen LogP contribution is -2.29. The van der Waals surface area contributed by atoms with Crippen LogP contribution in [-0.2, 0) is 17.9 Å². The summed E-state index contributed by atoms with van der Waals surface area (Å²) in [6.45, 7) is 2.29. The highest BCUT2D eigenvalue weighted by atomic mass is 16.2. The van der Waals surface area contributed by atoms with Crippen molar-refractivity contribution < 1.29 is 9.59 Å². The Morgan fingerprint density at radius 1 is 1.04 bits per heavy atom. The van der Waals surface area contributed by atoms with Crippen LogP contribution >= 0.6 is 0 Å². The second-order valence-corrected chi connectivity index (χ2v) is 5.59. The molecule has 1 aromatic heterocycles. The molecule has 3 rings (SSSR count). The third kappa shape index (κ3) is 3.16. The van der Waals surface area contributed by atoms with Gasteiger partial charge < -0.3 is 11.1 Å². The Labute approximate surface area is 143 Å². The highest BCUT2D eigenvalue weighted by Crippen LogP contribution is 2.14. The first-order valence-electron chi connectivity index (χ1n) is 7.89. The first kappa shape index (κ1) is 16.5. The second kappa shape index (κ2) is 6.64. The largest absolute Gasteiger partial charge is 0.366 e. The predicted octanol–water partition coefficient (Wildman–Crippen LogP) is 1.56. The molecule has 0 aliphatic carbocycles. The molecule has 0 fully saturated rings. The molecule has 128 valence electrons. The van der Waals surface area contributed by atoms with Gasteiger partial charge >= 0.3 is 5.69 Å². The van der Waals surface area contributed by atoms with Crippen molar-refractivity contribution in [2.45, 2.75) is 20.0 Å². The van der Waals surface area contributed by atoms with Crippen LogP contribution in [-0.4, -0.2) is 20.9 Å². The van der Waals surface area contributed by atoms with Gasteiger partial charge in [-0.25, -0.2) is 4.79 Å².